The third-order valence-electron chi connectivity index (χ3n) is 11.9. The molecule has 0 saturated carbocycles. The number of anilines is 2. The van der Waals surface area contributed by atoms with Crippen molar-refractivity contribution >= 4 is 45.4 Å². The first-order valence-corrected chi connectivity index (χ1v) is 19.2. The Morgan fingerprint density at radius 2 is 1.96 bits per heavy atom. The normalized spacial score (nSPS) is 26.1. The predicted octanol–water partition coefficient (Wildman–Crippen LogP) is 7.05. The van der Waals surface area contributed by atoms with Crippen LogP contribution in [-0.2, 0) is 4.74 Å². The van der Waals surface area contributed by atoms with Gasteiger partial charge in [-0.2, -0.15) is 9.97 Å². The number of piperazine rings is 1. The molecule has 5 aliphatic heterocycles. The van der Waals surface area contributed by atoms with Crippen LogP contribution in [0.1, 0.15) is 65.4 Å². The van der Waals surface area contributed by atoms with Crippen LogP contribution in [0.15, 0.2) is 30.3 Å². The minimum atomic E-state index is -2.88. The van der Waals surface area contributed by atoms with Gasteiger partial charge in [0.15, 0.2) is 5.82 Å². The topological polar surface area (TPSA) is 142 Å². The number of nitrogens with one attached hydrogen (secondary N) is 1. The zero-order chi connectivity index (χ0) is 40.2. The summed E-state index contributed by atoms with van der Waals surface area (Å²) in [5, 5.41) is 14.2. The number of aromatic nitrogens is 3. The minimum absolute atomic E-state index is 0.00967. The highest BCUT2D eigenvalue weighted by atomic mass is 19.3. The number of nitrogens with zero attached hydrogens (tertiary/aromatic N) is 6. The third kappa shape index (κ3) is 6.18. The molecular formula is C41H42F3N7O6. The largest absolute Gasteiger partial charge is 0.472 e. The van der Waals surface area contributed by atoms with E-state index in [4.69, 9.17) is 30.6 Å². The number of halogens is 3. The van der Waals surface area contributed by atoms with Crippen LogP contribution < -0.4 is 19.7 Å². The molecular weight excluding hydrogens is 743 g/mol. The maximum absolute atomic E-state index is 17.6. The monoisotopic (exact) mass is 785 g/mol. The molecule has 2 amide bonds. The smallest absolute Gasteiger partial charge is 0.412 e. The molecule has 2 aromatic carbocycles. The number of hydrogen-bond acceptors (Lipinski definition) is 10. The van der Waals surface area contributed by atoms with E-state index < -0.39 is 53.3 Å². The first-order chi connectivity index (χ1) is 27.0. The SMILES string of the molecule is C#Cc1cccc2cc(NC(=O)OC(C)(C)C)cc(-c3nc4c5c(nc(OC[C@@]67CCCN6CC(F)(F)C7)nc5c3F)N3CC5CCC(C3C(C)O4)N5C(=O)O)c12. The van der Waals surface area contributed by atoms with Gasteiger partial charge in [-0.15, -0.1) is 6.42 Å². The van der Waals surface area contributed by atoms with E-state index in [-0.39, 0.29) is 77.7 Å². The Bertz CT molecular complexity index is 2400. The highest BCUT2D eigenvalue weighted by Gasteiger charge is 2.57. The van der Waals surface area contributed by atoms with Crippen LogP contribution in [-0.4, -0.2) is 110 Å². The lowest BCUT2D eigenvalue weighted by molar-refractivity contribution is 0.00801. The molecule has 4 unspecified atom stereocenters. The van der Waals surface area contributed by atoms with Crippen LogP contribution in [0.25, 0.3) is 32.9 Å². The fourth-order valence-electron chi connectivity index (χ4n) is 9.86. The van der Waals surface area contributed by atoms with Crippen molar-refractivity contribution in [1.82, 2.24) is 24.8 Å². The van der Waals surface area contributed by atoms with E-state index in [0.717, 1.165) is 6.42 Å². The first-order valence-electron chi connectivity index (χ1n) is 19.2. The quantitative estimate of drug-likeness (QED) is 0.201. The minimum Gasteiger partial charge on any atom is -0.472 e. The summed E-state index contributed by atoms with van der Waals surface area (Å²) in [6.45, 7) is 7.27. The number of carbonyl (C=O) groups excluding carboxylic acids is 1. The van der Waals surface area contributed by atoms with Crippen LogP contribution in [0.2, 0.25) is 0 Å². The fraction of sp³-hybridized carbons (Fsp3) is 0.488. The van der Waals surface area contributed by atoms with E-state index in [1.165, 1.54) is 4.90 Å². The maximum atomic E-state index is 17.6. The molecule has 13 nitrogen and oxygen atoms in total. The summed E-state index contributed by atoms with van der Waals surface area (Å²) < 4.78 is 65.5. The van der Waals surface area contributed by atoms with Crippen molar-refractivity contribution in [3.63, 3.8) is 0 Å². The van der Waals surface area contributed by atoms with Crippen LogP contribution in [0.4, 0.5) is 34.3 Å². The summed E-state index contributed by atoms with van der Waals surface area (Å²) >= 11 is 0. The molecule has 5 aliphatic rings. The Morgan fingerprint density at radius 1 is 1.16 bits per heavy atom. The van der Waals surface area contributed by atoms with E-state index in [1.807, 2.05) is 11.8 Å². The van der Waals surface area contributed by atoms with Gasteiger partial charge in [0.25, 0.3) is 5.92 Å². The number of carbonyl (C=O) groups is 2. The zero-order valence-corrected chi connectivity index (χ0v) is 31.9. The highest BCUT2D eigenvalue weighted by molar-refractivity contribution is 6.06. The molecule has 298 valence electrons. The Labute approximate surface area is 326 Å². The molecule has 4 aromatic rings. The van der Waals surface area contributed by atoms with Crippen LogP contribution in [0.5, 0.6) is 11.9 Å². The Hall–Kier alpha value is -5.56. The van der Waals surface area contributed by atoms with Crippen molar-refractivity contribution in [3.05, 3.63) is 41.7 Å². The molecule has 9 rings (SSSR count). The standard InChI is InChI=1S/C41H42F3N7O6/c1-6-22-9-7-10-23-15-24(45-37(52)57-39(3,4)5)16-26(28(22)23)31-30(42)32-29-34(48-36(47-32)55-20-40-13-8-14-49(40)19-41(43,44)18-40)50-17-25-11-12-27(51(25)38(53)54)33(50)21(2)56-35(29)46-31/h1,7,9-10,15-16,21,25,27,33H,8,11-14,17-20H2,2-5H3,(H,45,52)(H,53,54)/t21?,25?,27?,33?,40-/m0/s1. The molecule has 0 aliphatic carbocycles. The summed E-state index contributed by atoms with van der Waals surface area (Å²) in [5.74, 6) is -0.798. The van der Waals surface area contributed by atoms with Gasteiger partial charge in [0.1, 0.15) is 40.7 Å². The summed E-state index contributed by atoms with van der Waals surface area (Å²) in [6.07, 6.45) is 5.62. The molecule has 57 heavy (non-hydrogen) atoms. The fourth-order valence-corrected chi connectivity index (χ4v) is 9.86. The number of amides is 2. The van der Waals surface area contributed by atoms with Gasteiger partial charge in [-0.3, -0.25) is 15.1 Å². The van der Waals surface area contributed by atoms with Crippen molar-refractivity contribution < 1.29 is 42.1 Å². The van der Waals surface area contributed by atoms with E-state index in [1.54, 1.807) is 56.0 Å². The number of ether oxygens (including phenoxy) is 3. The van der Waals surface area contributed by atoms with Crippen molar-refractivity contribution in [2.45, 2.75) is 101 Å². The van der Waals surface area contributed by atoms with Crippen molar-refractivity contribution in [3.8, 4) is 35.5 Å². The molecule has 4 saturated heterocycles. The number of alkyl halides is 2. The third-order valence-corrected chi connectivity index (χ3v) is 11.9. The lowest BCUT2D eigenvalue weighted by atomic mass is 9.94. The van der Waals surface area contributed by atoms with Crippen molar-refractivity contribution in [2.75, 3.05) is 36.5 Å². The predicted molar refractivity (Wildman–Crippen MR) is 205 cm³/mol. The second-order valence-corrected chi connectivity index (χ2v) is 16.9. The van der Waals surface area contributed by atoms with Gasteiger partial charge in [-0.05, 0) is 83.5 Å². The van der Waals surface area contributed by atoms with Crippen molar-refractivity contribution in [1.29, 1.82) is 0 Å². The van der Waals surface area contributed by atoms with Gasteiger partial charge in [0.2, 0.25) is 5.88 Å². The lowest BCUT2D eigenvalue weighted by Gasteiger charge is -2.47. The molecule has 0 spiro atoms. The number of hydrogen-bond donors (Lipinski definition) is 2. The molecule has 0 radical (unpaired) electrons. The number of carboxylic acid groups (broad SMARTS) is 1. The molecule has 2 aromatic heterocycles. The van der Waals surface area contributed by atoms with Crippen LogP contribution >= 0.6 is 0 Å². The average molecular weight is 786 g/mol. The molecule has 2 bridgehead atoms. The molecule has 16 heteroatoms. The second-order valence-electron chi connectivity index (χ2n) is 16.9. The second kappa shape index (κ2) is 13.0. The number of pyridine rings is 1. The van der Waals surface area contributed by atoms with E-state index in [0.29, 0.717) is 42.1 Å². The van der Waals surface area contributed by atoms with Gasteiger partial charge in [-0.1, -0.05) is 18.1 Å². The van der Waals surface area contributed by atoms with Crippen LogP contribution in [0, 0.1) is 18.2 Å². The Kier molecular flexibility index (Phi) is 8.44. The van der Waals surface area contributed by atoms with Crippen LogP contribution in [0.3, 0.4) is 0 Å². The maximum Gasteiger partial charge on any atom is 0.412 e. The lowest BCUT2D eigenvalue weighted by Crippen LogP contribution is -2.64. The van der Waals surface area contributed by atoms with Gasteiger partial charge in [0, 0.05) is 35.2 Å². The van der Waals surface area contributed by atoms with E-state index >= 15 is 4.39 Å². The Balaban J connectivity index is 1.23. The number of benzene rings is 2. The molecule has 2 N–H and O–H groups in total. The van der Waals surface area contributed by atoms with Gasteiger partial charge < -0.3 is 24.2 Å². The molecule has 4 fully saturated rings. The van der Waals surface area contributed by atoms with Crippen molar-refractivity contribution in [2.24, 2.45) is 0 Å². The molecule has 7 heterocycles. The number of fused-ring (bicyclic) bond motifs is 7. The number of terminal acetylenes is 1. The van der Waals surface area contributed by atoms with Gasteiger partial charge in [0.05, 0.1) is 30.2 Å². The number of rotatable bonds is 5. The van der Waals surface area contributed by atoms with Gasteiger partial charge in [-0.25, -0.2) is 27.7 Å². The Morgan fingerprint density at radius 3 is 2.72 bits per heavy atom. The average Bonchev–Trinajstić information content (AvgIpc) is 3.72. The zero-order valence-electron chi connectivity index (χ0n) is 31.9. The van der Waals surface area contributed by atoms with E-state index in [9.17, 15) is 23.5 Å². The van der Waals surface area contributed by atoms with Gasteiger partial charge >= 0.3 is 18.2 Å². The summed E-state index contributed by atoms with van der Waals surface area (Å²) in [4.78, 5) is 44.9. The summed E-state index contributed by atoms with van der Waals surface area (Å²) in [7, 11) is 0. The van der Waals surface area contributed by atoms with E-state index in [2.05, 4.69) is 16.2 Å². The summed E-state index contributed by atoms with van der Waals surface area (Å²) in [6, 6.07) is 6.91. The molecule has 5 atom stereocenters. The highest BCUT2D eigenvalue weighted by Crippen LogP contribution is 2.49. The first kappa shape index (κ1) is 37.0. The summed E-state index contributed by atoms with van der Waals surface area (Å²) in [5.41, 5.74) is -1.15.